The molecule has 0 unspecified atom stereocenters. The summed E-state index contributed by atoms with van der Waals surface area (Å²) in [5.41, 5.74) is 1.01. The summed E-state index contributed by atoms with van der Waals surface area (Å²) in [5, 5.41) is 10.7. The summed E-state index contributed by atoms with van der Waals surface area (Å²) in [6, 6.07) is 5.62. The van der Waals surface area contributed by atoms with Crippen molar-refractivity contribution >= 4 is 21.6 Å². The summed E-state index contributed by atoms with van der Waals surface area (Å²) >= 11 is 6.20. The van der Waals surface area contributed by atoms with Crippen LogP contribution in [0.2, 0.25) is 5.02 Å². The number of ether oxygens (including phenoxy) is 1. The molecule has 1 aromatic rings. The minimum atomic E-state index is -3.32. The third kappa shape index (κ3) is 4.83. The standard InChI is InChI=1S/C16H25ClN2O4S/c1-4-23-16-6-5-12(7-14(16)17)8-19-9-13(15(20)10-19)11-24(21,22)18(2)3/h5-7,13,15,20H,4,8-11H2,1-3H3/t13-,15-/m0/s1. The number of hydrogen-bond acceptors (Lipinski definition) is 5. The second kappa shape index (κ2) is 8.01. The number of sulfonamides is 1. The molecule has 1 aliphatic rings. The Morgan fingerprint density at radius 3 is 2.67 bits per heavy atom. The zero-order valence-corrected chi connectivity index (χ0v) is 15.8. The first-order valence-electron chi connectivity index (χ1n) is 7.94. The molecule has 0 spiro atoms. The molecule has 2 atom stereocenters. The van der Waals surface area contributed by atoms with Crippen molar-refractivity contribution in [2.45, 2.75) is 19.6 Å². The van der Waals surface area contributed by atoms with Crippen molar-refractivity contribution in [2.75, 3.05) is 39.5 Å². The van der Waals surface area contributed by atoms with Gasteiger partial charge in [-0.1, -0.05) is 17.7 Å². The summed E-state index contributed by atoms with van der Waals surface area (Å²) in [4.78, 5) is 2.05. The van der Waals surface area contributed by atoms with Crippen LogP contribution < -0.4 is 4.74 Å². The number of likely N-dealkylation sites (tertiary alicyclic amines) is 1. The van der Waals surface area contributed by atoms with Crippen LogP contribution in [-0.4, -0.2) is 68.4 Å². The Morgan fingerprint density at radius 2 is 2.08 bits per heavy atom. The van der Waals surface area contributed by atoms with E-state index in [0.717, 1.165) is 5.56 Å². The van der Waals surface area contributed by atoms with Gasteiger partial charge in [0.1, 0.15) is 5.75 Å². The Morgan fingerprint density at radius 1 is 1.38 bits per heavy atom. The SMILES string of the molecule is CCOc1ccc(CN2C[C@@H](CS(=O)(=O)N(C)C)[C@@H](O)C2)cc1Cl. The van der Waals surface area contributed by atoms with Crippen LogP contribution in [0.25, 0.3) is 0 Å². The van der Waals surface area contributed by atoms with E-state index in [-0.39, 0.29) is 11.7 Å². The van der Waals surface area contributed by atoms with Crippen LogP contribution in [0.15, 0.2) is 18.2 Å². The first-order chi connectivity index (χ1) is 11.2. The maximum atomic E-state index is 12.0. The zero-order valence-electron chi connectivity index (χ0n) is 14.3. The largest absolute Gasteiger partial charge is 0.492 e. The average Bonchev–Trinajstić information content (AvgIpc) is 2.81. The number of benzene rings is 1. The van der Waals surface area contributed by atoms with E-state index in [0.29, 0.717) is 37.0 Å². The minimum Gasteiger partial charge on any atom is -0.492 e. The van der Waals surface area contributed by atoms with E-state index in [1.807, 2.05) is 30.0 Å². The highest BCUT2D eigenvalue weighted by Crippen LogP contribution is 2.27. The van der Waals surface area contributed by atoms with Crippen LogP contribution in [0.5, 0.6) is 5.75 Å². The third-order valence-electron chi connectivity index (χ3n) is 4.17. The fraction of sp³-hybridized carbons (Fsp3) is 0.625. The normalized spacial score (nSPS) is 22.2. The van der Waals surface area contributed by atoms with Crippen LogP contribution in [0.3, 0.4) is 0 Å². The maximum absolute atomic E-state index is 12.0. The molecule has 0 bridgehead atoms. The van der Waals surface area contributed by atoms with Crippen LogP contribution in [0, 0.1) is 5.92 Å². The fourth-order valence-corrected chi connectivity index (χ4v) is 4.25. The molecule has 1 N–H and O–H groups in total. The lowest BCUT2D eigenvalue weighted by Gasteiger charge is -2.18. The summed E-state index contributed by atoms with van der Waals surface area (Å²) in [7, 11) is -0.300. The van der Waals surface area contributed by atoms with Gasteiger partial charge in [0.2, 0.25) is 10.0 Å². The van der Waals surface area contributed by atoms with Gasteiger partial charge in [-0.05, 0) is 24.6 Å². The first-order valence-corrected chi connectivity index (χ1v) is 9.93. The van der Waals surface area contributed by atoms with E-state index in [1.165, 1.54) is 18.4 Å². The molecule has 6 nitrogen and oxygen atoms in total. The van der Waals surface area contributed by atoms with Crippen molar-refractivity contribution in [3.63, 3.8) is 0 Å². The van der Waals surface area contributed by atoms with Gasteiger partial charge in [-0.2, -0.15) is 0 Å². The molecule has 0 aromatic heterocycles. The van der Waals surface area contributed by atoms with Crippen molar-refractivity contribution in [3.8, 4) is 5.75 Å². The number of hydrogen-bond donors (Lipinski definition) is 1. The molecule has 0 amide bonds. The number of halogens is 1. The average molecular weight is 377 g/mol. The molecule has 1 heterocycles. The van der Waals surface area contributed by atoms with E-state index in [2.05, 4.69) is 0 Å². The van der Waals surface area contributed by atoms with E-state index >= 15 is 0 Å². The highest BCUT2D eigenvalue weighted by molar-refractivity contribution is 7.89. The second-order valence-electron chi connectivity index (χ2n) is 6.28. The predicted molar refractivity (Wildman–Crippen MR) is 94.9 cm³/mol. The molecule has 1 saturated heterocycles. The van der Waals surface area contributed by atoms with Gasteiger partial charge in [0.05, 0.1) is 23.5 Å². The van der Waals surface area contributed by atoms with Crippen LogP contribution in [-0.2, 0) is 16.6 Å². The van der Waals surface area contributed by atoms with Gasteiger partial charge in [0, 0.05) is 39.6 Å². The zero-order chi connectivity index (χ0) is 17.9. The fourth-order valence-electron chi connectivity index (χ4n) is 2.83. The molecule has 2 rings (SSSR count). The van der Waals surface area contributed by atoms with Crippen LogP contribution in [0.4, 0.5) is 0 Å². The van der Waals surface area contributed by atoms with Gasteiger partial charge in [0.15, 0.2) is 0 Å². The van der Waals surface area contributed by atoms with Gasteiger partial charge >= 0.3 is 0 Å². The molecule has 0 radical (unpaired) electrons. The quantitative estimate of drug-likeness (QED) is 0.779. The number of nitrogens with zero attached hydrogens (tertiary/aromatic N) is 2. The summed E-state index contributed by atoms with van der Waals surface area (Å²) in [5.74, 6) is 0.330. The third-order valence-corrected chi connectivity index (χ3v) is 6.42. The summed E-state index contributed by atoms with van der Waals surface area (Å²) in [6.45, 7) is 4.07. The van der Waals surface area contributed by atoms with Gasteiger partial charge in [-0.3, -0.25) is 4.90 Å². The predicted octanol–water partition coefficient (Wildman–Crippen LogP) is 1.42. The molecular formula is C16H25ClN2O4S. The first kappa shape index (κ1) is 19.5. The van der Waals surface area contributed by atoms with Crippen LogP contribution in [0.1, 0.15) is 12.5 Å². The smallest absolute Gasteiger partial charge is 0.214 e. The maximum Gasteiger partial charge on any atom is 0.214 e. The van der Waals surface area contributed by atoms with Crippen molar-refractivity contribution < 1.29 is 18.3 Å². The number of rotatable bonds is 7. The minimum absolute atomic E-state index is 0.0400. The molecule has 136 valence electrons. The molecule has 0 saturated carbocycles. The topological polar surface area (TPSA) is 70.1 Å². The molecule has 24 heavy (non-hydrogen) atoms. The van der Waals surface area contributed by atoms with Crippen LogP contribution >= 0.6 is 11.6 Å². The Hall–Kier alpha value is -0.860. The molecule has 1 aromatic carbocycles. The highest BCUT2D eigenvalue weighted by Gasteiger charge is 2.35. The number of β-amino-alcohol motifs (C(OH)–C–C–N with tert-alkyl or cyclic N) is 1. The van der Waals surface area contributed by atoms with E-state index in [1.54, 1.807) is 0 Å². The lowest BCUT2D eigenvalue weighted by atomic mass is 10.1. The Bertz CT molecular complexity index is 666. The Kier molecular flexibility index (Phi) is 6.50. The number of aliphatic hydroxyl groups is 1. The molecular weight excluding hydrogens is 352 g/mol. The Labute approximate surface area is 149 Å². The second-order valence-corrected chi connectivity index (χ2v) is 8.91. The lowest BCUT2D eigenvalue weighted by Crippen LogP contribution is -2.33. The van der Waals surface area contributed by atoms with Gasteiger partial charge < -0.3 is 9.84 Å². The van der Waals surface area contributed by atoms with E-state index in [9.17, 15) is 13.5 Å². The van der Waals surface area contributed by atoms with E-state index in [4.69, 9.17) is 16.3 Å². The molecule has 0 aliphatic carbocycles. The van der Waals surface area contributed by atoms with Crippen molar-refractivity contribution in [1.82, 2.24) is 9.21 Å². The molecule has 8 heteroatoms. The van der Waals surface area contributed by atoms with Gasteiger partial charge in [-0.25, -0.2) is 12.7 Å². The Balaban J connectivity index is 1.99. The monoisotopic (exact) mass is 376 g/mol. The lowest BCUT2D eigenvalue weighted by molar-refractivity contribution is 0.148. The highest BCUT2D eigenvalue weighted by atomic mass is 35.5. The molecule has 1 fully saturated rings. The van der Waals surface area contributed by atoms with Crippen molar-refractivity contribution in [3.05, 3.63) is 28.8 Å². The van der Waals surface area contributed by atoms with E-state index < -0.39 is 16.1 Å². The van der Waals surface area contributed by atoms with Crippen molar-refractivity contribution in [1.29, 1.82) is 0 Å². The summed E-state index contributed by atoms with van der Waals surface area (Å²) in [6.07, 6.45) is -0.641. The van der Waals surface area contributed by atoms with Crippen molar-refractivity contribution in [2.24, 2.45) is 5.92 Å². The van der Waals surface area contributed by atoms with Gasteiger partial charge in [-0.15, -0.1) is 0 Å². The molecule has 1 aliphatic heterocycles. The van der Waals surface area contributed by atoms with Gasteiger partial charge in [0.25, 0.3) is 0 Å². The number of aliphatic hydroxyl groups excluding tert-OH is 1. The summed E-state index contributed by atoms with van der Waals surface area (Å²) < 4.78 is 30.6.